The molecule has 5 rings (SSSR count). The topological polar surface area (TPSA) is 94.8 Å². The first-order chi connectivity index (χ1) is 14.6. The molecular weight excluding hydrogens is 406 g/mol. The minimum Gasteiger partial charge on any atom is -0.493 e. The average Bonchev–Trinajstić information content (AvgIpc) is 3.40. The van der Waals surface area contributed by atoms with E-state index in [0.717, 1.165) is 0 Å². The third kappa shape index (κ3) is 2.59. The summed E-state index contributed by atoms with van der Waals surface area (Å²) in [7, 11) is 3.07. The van der Waals surface area contributed by atoms with Crippen molar-refractivity contribution in [3.05, 3.63) is 75.1 Å². The van der Waals surface area contributed by atoms with Crippen molar-refractivity contribution in [3.8, 4) is 11.5 Å². The SMILES string of the molecule is COc1ccc([C@@H]2c3c(oc4ccccc4c3=O)C(=O)N2c2nncs2)cc1OC. The second-order valence-corrected chi connectivity index (χ2v) is 7.40. The van der Waals surface area contributed by atoms with E-state index in [4.69, 9.17) is 13.9 Å². The molecule has 0 spiro atoms. The van der Waals surface area contributed by atoms with Crippen molar-refractivity contribution in [2.75, 3.05) is 19.1 Å². The second kappa shape index (κ2) is 6.96. The van der Waals surface area contributed by atoms with Crippen molar-refractivity contribution in [2.24, 2.45) is 0 Å². The third-order valence-electron chi connectivity index (χ3n) is 5.06. The molecule has 1 aliphatic rings. The molecule has 1 amide bonds. The van der Waals surface area contributed by atoms with Crippen LogP contribution in [0.5, 0.6) is 11.5 Å². The molecule has 4 aromatic rings. The Balaban J connectivity index is 1.81. The quantitative estimate of drug-likeness (QED) is 0.498. The van der Waals surface area contributed by atoms with Gasteiger partial charge in [0, 0.05) is 0 Å². The second-order valence-electron chi connectivity index (χ2n) is 6.58. The van der Waals surface area contributed by atoms with E-state index in [1.807, 2.05) is 0 Å². The van der Waals surface area contributed by atoms with Gasteiger partial charge in [-0.3, -0.25) is 14.5 Å². The van der Waals surface area contributed by atoms with Crippen molar-refractivity contribution in [2.45, 2.75) is 6.04 Å². The molecule has 0 saturated heterocycles. The van der Waals surface area contributed by atoms with Crippen LogP contribution in [0.15, 0.2) is 57.2 Å². The Hall–Kier alpha value is -3.72. The van der Waals surface area contributed by atoms with Crippen molar-refractivity contribution < 1.29 is 18.7 Å². The van der Waals surface area contributed by atoms with Crippen LogP contribution in [0.4, 0.5) is 5.13 Å². The molecule has 8 nitrogen and oxygen atoms in total. The number of aromatic nitrogens is 2. The van der Waals surface area contributed by atoms with Crippen molar-refractivity contribution in [1.82, 2.24) is 10.2 Å². The summed E-state index contributed by atoms with van der Waals surface area (Å²) in [6.45, 7) is 0. The lowest BCUT2D eigenvalue weighted by atomic mass is 9.98. The number of para-hydroxylation sites is 1. The highest BCUT2D eigenvalue weighted by Gasteiger charge is 2.45. The van der Waals surface area contributed by atoms with Crippen LogP contribution >= 0.6 is 11.3 Å². The monoisotopic (exact) mass is 421 g/mol. The maximum Gasteiger partial charge on any atom is 0.297 e. The first-order valence-electron chi connectivity index (χ1n) is 9.01. The van der Waals surface area contributed by atoms with E-state index >= 15 is 0 Å². The molecule has 0 fully saturated rings. The van der Waals surface area contributed by atoms with E-state index in [0.29, 0.717) is 33.2 Å². The summed E-state index contributed by atoms with van der Waals surface area (Å²) in [4.78, 5) is 28.2. The lowest BCUT2D eigenvalue weighted by Gasteiger charge is -2.22. The highest BCUT2D eigenvalue weighted by Crippen LogP contribution is 2.43. The molecule has 0 saturated carbocycles. The number of carbonyl (C=O) groups excluding carboxylic acids is 1. The van der Waals surface area contributed by atoms with Gasteiger partial charge in [0.1, 0.15) is 11.1 Å². The van der Waals surface area contributed by atoms with Gasteiger partial charge in [-0.15, -0.1) is 10.2 Å². The summed E-state index contributed by atoms with van der Waals surface area (Å²) in [6.07, 6.45) is 0. The van der Waals surface area contributed by atoms with Crippen molar-refractivity contribution in [1.29, 1.82) is 0 Å². The van der Waals surface area contributed by atoms with Gasteiger partial charge in [-0.2, -0.15) is 0 Å². The lowest BCUT2D eigenvalue weighted by molar-refractivity contribution is 0.0970. The number of carbonyl (C=O) groups is 1. The fourth-order valence-corrected chi connectivity index (χ4v) is 4.31. The number of hydrogen-bond acceptors (Lipinski definition) is 8. The number of ether oxygens (including phenoxy) is 2. The van der Waals surface area contributed by atoms with Crippen LogP contribution in [0.2, 0.25) is 0 Å². The van der Waals surface area contributed by atoms with Gasteiger partial charge in [-0.05, 0) is 29.8 Å². The van der Waals surface area contributed by atoms with Crippen LogP contribution in [0.3, 0.4) is 0 Å². The van der Waals surface area contributed by atoms with Crippen LogP contribution in [-0.4, -0.2) is 30.3 Å². The molecule has 2 aromatic heterocycles. The summed E-state index contributed by atoms with van der Waals surface area (Å²) in [6, 6.07) is 11.4. The van der Waals surface area contributed by atoms with Gasteiger partial charge < -0.3 is 13.9 Å². The average molecular weight is 421 g/mol. The van der Waals surface area contributed by atoms with E-state index in [1.54, 1.807) is 49.6 Å². The normalized spacial score (nSPS) is 15.5. The summed E-state index contributed by atoms with van der Waals surface area (Å²) >= 11 is 1.20. The van der Waals surface area contributed by atoms with Gasteiger partial charge in [-0.25, -0.2) is 0 Å². The van der Waals surface area contributed by atoms with Crippen LogP contribution < -0.4 is 19.8 Å². The van der Waals surface area contributed by atoms with Crippen molar-refractivity contribution >= 4 is 33.3 Å². The molecule has 0 bridgehead atoms. The fraction of sp³-hybridized carbons (Fsp3) is 0.143. The summed E-state index contributed by atoms with van der Waals surface area (Å²) in [5, 5.41) is 8.69. The molecule has 1 atom stereocenters. The van der Waals surface area contributed by atoms with Gasteiger partial charge in [0.15, 0.2) is 16.9 Å². The van der Waals surface area contributed by atoms with Gasteiger partial charge >= 0.3 is 0 Å². The fourth-order valence-electron chi connectivity index (χ4n) is 3.73. The molecule has 2 aromatic carbocycles. The zero-order chi connectivity index (χ0) is 20.8. The van der Waals surface area contributed by atoms with Gasteiger partial charge in [-0.1, -0.05) is 29.5 Å². The lowest BCUT2D eigenvalue weighted by Crippen LogP contribution is -2.29. The molecule has 1 aliphatic heterocycles. The minimum absolute atomic E-state index is 0.00804. The van der Waals surface area contributed by atoms with Crippen molar-refractivity contribution in [3.63, 3.8) is 0 Å². The number of hydrogen-bond donors (Lipinski definition) is 0. The highest BCUT2D eigenvalue weighted by atomic mass is 32.1. The molecule has 9 heteroatoms. The zero-order valence-corrected chi connectivity index (χ0v) is 16.8. The number of amides is 1. The van der Waals surface area contributed by atoms with Crippen LogP contribution in [-0.2, 0) is 0 Å². The van der Waals surface area contributed by atoms with Crippen LogP contribution in [0.1, 0.15) is 27.7 Å². The minimum atomic E-state index is -0.735. The maximum absolute atomic E-state index is 13.4. The Morgan fingerprint density at radius 1 is 1.07 bits per heavy atom. The predicted molar refractivity (Wildman–Crippen MR) is 111 cm³/mol. The van der Waals surface area contributed by atoms with E-state index in [-0.39, 0.29) is 16.8 Å². The number of rotatable bonds is 4. The van der Waals surface area contributed by atoms with E-state index in [1.165, 1.54) is 28.9 Å². The molecule has 150 valence electrons. The van der Waals surface area contributed by atoms with Gasteiger partial charge in [0.2, 0.25) is 10.9 Å². The first kappa shape index (κ1) is 18.3. The largest absolute Gasteiger partial charge is 0.493 e. The zero-order valence-electron chi connectivity index (χ0n) is 16.0. The predicted octanol–water partition coefficient (Wildman–Crippen LogP) is 3.41. The number of methoxy groups -OCH3 is 2. The first-order valence-corrected chi connectivity index (χ1v) is 9.89. The van der Waals surface area contributed by atoms with Crippen LogP contribution in [0, 0.1) is 0 Å². The summed E-state index contributed by atoms with van der Waals surface area (Å²) in [5.41, 5.74) is 2.56. The Labute approximate surface area is 174 Å². The molecule has 0 unspecified atom stereocenters. The van der Waals surface area contributed by atoms with E-state index in [2.05, 4.69) is 10.2 Å². The molecular formula is C21H15N3O5S. The molecule has 30 heavy (non-hydrogen) atoms. The van der Waals surface area contributed by atoms with E-state index in [9.17, 15) is 9.59 Å². The number of benzene rings is 2. The Morgan fingerprint density at radius 3 is 2.60 bits per heavy atom. The highest BCUT2D eigenvalue weighted by molar-refractivity contribution is 7.13. The summed E-state index contributed by atoms with van der Waals surface area (Å²) < 4.78 is 16.6. The smallest absolute Gasteiger partial charge is 0.297 e. The van der Waals surface area contributed by atoms with Gasteiger partial charge in [0.25, 0.3) is 5.91 Å². The van der Waals surface area contributed by atoms with Crippen LogP contribution in [0.25, 0.3) is 11.0 Å². The summed E-state index contributed by atoms with van der Waals surface area (Å²) in [5.74, 6) is 0.593. The Bertz CT molecular complexity index is 1330. The number of fused-ring (bicyclic) bond motifs is 2. The number of nitrogens with zero attached hydrogens (tertiary/aromatic N) is 3. The Kier molecular flexibility index (Phi) is 4.25. The standard InChI is InChI=1S/C21H15N3O5S/c1-27-14-8-7-11(9-15(14)28-2)17-16-18(25)12-5-3-4-6-13(12)29-19(16)20(26)24(17)21-23-22-10-30-21/h3-10,17H,1-2H3/t17-/m1/s1. The Morgan fingerprint density at radius 2 is 1.87 bits per heavy atom. The van der Waals surface area contributed by atoms with E-state index < -0.39 is 11.9 Å². The number of anilines is 1. The third-order valence-corrected chi connectivity index (χ3v) is 5.74. The molecule has 0 N–H and O–H groups in total. The molecule has 0 radical (unpaired) electrons. The molecule has 3 heterocycles. The van der Waals surface area contributed by atoms with Gasteiger partial charge in [0.05, 0.1) is 31.2 Å². The maximum atomic E-state index is 13.4. The molecule has 0 aliphatic carbocycles.